The number of carbonyl (C=O) groups is 1. The molecule has 0 radical (unpaired) electrons. The molecular weight excluding hydrogens is 256 g/mol. The summed E-state index contributed by atoms with van der Waals surface area (Å²) in [4.78, 5) is 24.8. The highest BCUT2D eigenvalue weighted by Crippen LogP contribution is 2.30. The van der Waals surface area contributed by atoms with Crippen LogP contribution in [-0.2, 0) is 4.79 Å². The van der Waals surface area contributed by atoms with Crippen LogP contribution in [0.2, 0.25) is 0 Å². The Morgan fingerprint density at radius 1 is 1.35 bits per heavy atom. The van der Waals surface area contributed by atoms with E-state index in [-0.39, 0.29) is 5.91 Å². The molecule has 1 fully saturated rings. The molecule has 0 saturated carbocycles. The Morgan fingerprint density at radius 2 is 2.10 bits per heavy atom. The lowest BCUT2D eigenvalue weighted by molar-refractivity contribution is -0.136. The average Bonchev–Trinajstić information content (AvgIpc) is 2.83. The van der Waals surface area contributed by atoms with E-state index >= 15 is 0 Å². The second-order valence-electron chi connectivity index (χ2n) is 5.58. The number of nitrogens with two attached hydrogens (primary N) is 1. The zero-order valence-corrected chi connectivity index (χ0v) is 11.9. The first kappa shape index (κ1) is 12.7. The zero-order valence-electron chi connectivity index (χ0n) is 11.9. The number of nitrogens with zero attached hydrogens (tertiary/aromatic N) is 5. The summed E-state index contributed by atoms with van der Waals surface area (Å²) in [5.74, 6) is 1.13. The molecular formula is C13H18N6O. The van der Waals surface area contributed by atoms with Gasteiger partial charge in [0.1, 0.15) is 11.4 Å². The summed E-state index contributed by atoms with van der Waals surface area (Å²) in [5, 5.41) is 0. The van der Waals surface area contributed by atoms with E-state index in [9.17, 15) is 4.79 Å². The summed E-state index contributed by atoms with van der Waals surface area (Å²) in [6, 6.07) is 0. The molecule has 3 heterocycles. The van der Waals surface area contributed by atoms with Gasteiger partial charge in [0.2, 0.25) is 5.91 Å². The van der Waals surface area contributed by atoms with Crippen molar-refractivity contribution in [1.29, 1.82) is 0 Å². The van der Waals surface area contributed by atoms with Gasteiger partial charge in [-0.05, 0) is 13.8 Å². The van der Waals surface area contributed by atoms with Gasteiger partial charge in [-0.2, -0.15) is 0 Å². The minimum absolute atomic E-state index is 0.0673. The third kappa shape index (κ3) is 1.70. The number of anilines is 2. The fraction of sp³-hybridized carbons (Fsp3) is 0.462. The first-order chi connectivity index (χ1) is 9.41. The summed E-state index contributed by atoms with van der Waals surface area (Å²) in [6.07, 6.45) is 5.24. The second kappa shape index (κ2) is 4.09. The van der Waals surface area contributed by atoms with E-state index in [1.165, 1.54) is 0 Å². The van der Waals surface area contributed by atoms with Crippen molar-refractivity contribution in [3.05, 3.63) is 18.6 Å². The molecule has 3 rings (SSSR count). The Labute approximate surface area is 117 Å². The lowest BCUT2D eigenvalue weighted by Gasteiger charge is -2.45. The lowest BCUT2D eigenvalue weighted by atomic mass is 9.98. The van der Waals surface area contributed by atoms with Gasteiger partial charge >= 0.3 is 0 Å². The maximum absolute atomic E-state index is 12.4. The number of rotatable bonds is 1. The van der Waals surface area contributed by atoms with Gasteiger partial charge in [-0.3, -0.25) is 4.79 Å². The standard InChI is InChI=1S/C13H18N6O/c1-13(2)12(20)17(3)6-7-19(13)11-10-15-4-5-18(10)8-9(14)16-11/h4-5,8H,6-7,14H2,1-3H3. The summed E-state index contributed by atoms with van der Waals surface area (Å²) in [5.41, 5.74) is 5.91. The monoisotopic (exact) mass is 274 g/mol. The highest BCUT2D eigenvalue weighted by atomic mass is 16.2. The first-order valence-electron chi connectivity index (χ1n) is 6.53. The molecule has 7 nitrogen and oxygen atoms in total. The number of piperazine rings is 1. The van der Waals surface area contributed by atoms with Crippen molar-refractivity contribution in [2.75, 3.05) is 30.8 Å². The van der Waals surface area contributed by atoms with E-state index < -0.39 is 5.54 Å². The van der Waals surface area contributed by atoms with Gasteiger partial charge in [-0.1, -0.05) is 0 Å². The number of hydrogen-bond donors (Lipinski definition) is 1. The Morgan fingerprint density at radius 3 is 2.85 bits per heavy atom. The zero-order chi connectivity index (χ0) is 14.5. The molecule has 7 heteroatoms. The third-order valence-corrected chi connectivity index (χ3v) is 3.83. The molecule has 2 N–H and O–H groups in total. The molecule has 1 aliphatic heterocycles. The Balaban J connectivity index is 2.15. The van der Waals surface area contributed by atoms with Gasteiger partial charge in [0, 0.05) is 32.5 Å². The van der Waals surface area contributed by atoms with E-state index in [1.807, 2.05) is 36.4 Å². The molecule has 0 unspecified atom stereocenters. The van der Waals surface area contributed by atoms with Crippen LogP contribution < -0.4 is 10.6 Å². The van der Waals surface area contributed by atoms with Crippen molar-refractivity contribution < 1.29 is 4.79 Å². The normalized spacial score (nSPS) is 18.9. The van der Waals surface area contributed by atoms with Crippen LogP contribution in [-0.4, -0.2) is 50.9 Å². The van der Waals surface area contributed by atoms with Gasteiger partial charge in [-0.15, -0.1) is 0 Å². The van der Waals surface area contributed by atoms with Crippen LogP contribution in [0.5, 0.6) is 0 Å². The topological polar surface area (TPSA) is 79.8 Å². The van der Waals surface area contributed by atoms with Gasteiger partial charge < -0.3 is 19.9 Å². The molecule has 1 amide bonds. The number of nitrogen functional groups attached to an aromatic ring is 1. The Hall–Kier alpha value is -2.31. The predicted octanol–water partition coefficient (Wildman–Crippen LogP) is 0.368. The van der Waals surface area contributed by atoms with Crippen LogP contribution in [0.15, 0.2) is 18.6 Å². The van der Waals surface area contributed by atoms with Crippen molar-refractivity contribution in [3.63, 3.8) is 0 Å². The first-order valence-corrected chi connectivity index (χ1v) is 6.53. The summed E-state index contributed by atoms with van der Waals surface area (Å²) in [6.45, 7) is 5.16. The molecule has 0 atom stereocenters. The number of hydrogen-bond acceptors (Lipinski definition) is 5. The van der Waals surface area contributed by atoms with Crippen molar-refractivity contribution in [1.82, 2.24) is 19.3 Å². The fourth-order valence-corrected chi connectivity index (χ4v) is 2.70. The number of aromatic nitrogens is 3. The van der Waals surface area contributed by atoms with Crippen LogP contribution in [0.3, 0.4) is 0 Å². The molecule has 2 aromatic rings. The van der Waals surface area contributed by atoms with Gasteiger partial charge in [0.05, 0.1) is 6.20 Å². The molecule has 2 aromatic heterocycles. The average molecular weight is 274 g/mol. The maximum atomic E-state index is 12.4. The van der Waals surface area contributed by atoms with Crippen LogP contribution in [0.25, 0.3) is 5.65 Å². The van der Waals surface area contributed by atoms with Crippen molar-refractivity contribution in [2.24, 2.45) is 0 Å². The summed E-state index contributed by atoms with van der Waals surface area (Å²) < 4.78 is 1.83. The van der Waals surface area contributed by atoms with Crippen molar-refractivity contribution in [3.8, 4) is 0 Å². The minimum Gasteiger partial charge on any atom is -0.382 e. The predicted molar refractivity (Wildman–Crippen MR) is 76.5 cm³/mol. The van der Waals surface area contributed by atoms with E-state index in [0.717, 1.165) is 0 Å². The molecule has 106 valence electrons. The highest BCUT2D eigenvalue weighted by Gasteiger charge is 2.42. The quantitative estimate of drug-likeness (QED) is 0.812. The SMILES string of the molecule is CN1CCN(c2nc(N)cn3ccnc23)C(C)(C)C1=O. The third-order valence-electron chi connectivity index (χ3n) is 3.83. The molecule has 0 aliphatic carbocycles. The largest absolute Gasteiger partial charge is 0.382 e. The van der Waals surface area contributed by atoms with E-state index in [4.69, 9.17) is 5.73 Å². The van der Waals surface area contributed by atoms with Gasteiger partial charge in [0.15, 0.2) is 11.5 Å². The maximum Gasteiger partial charge on any atom is 0.247 e. The number of imidazole rings is 1. The van der Waals surface area contributed by atoms with E-state index in [1.54, 1.807) is 17.3 Å². The minimum atomic E-state index is -0.666. The van der Waals surface area contributed by atoms with Crippen LogP contribution in [0.1, 0.15) is 13.8 Å². The van der Waals surface area contributed by atoms with Crippen molar-refractivity contribution in [2.45, 2.75) is 19.4 Å². The van der Waals surface area contributed by atoms with Gasteiger partial charge in [0.25, 0.3) is 0 Å². The highest BCUT2D eigenvalue weighted by molar-refractivity contribution is 5.91. The number of amides is 1. The Bertz CT molecular complexity index is 677. The summed E-state index contributed by atoms with van der Waals surface area (Å²) >= 11 is 0. The van der Waals surface area contributed by atoms with Gasteiger partial charge in [-0.25, -0.2) is 9.97 Å². The van der Waals surface area contributed by atoms with E-state index in [2.05, 4.69) is 9.97 Å². The Kier molecular flexibility index (Phi) is 2.60. The smallest absolute Gasteiger partial charge is 0.247 e. The van der Waals surface area contributed by atoms with Crippen LogP contribution in [0.4, 0.5) is 11.6 Å². The van der Waals surface area contributed by atoms with E-state index in [0.29, 0.717) is 30.4 Å². The molecule has 20 heavy (non-hydrogen) atoms. The fourth-order valence-electron chi connectivity index (χ4n) is 2.70. The van der Waals surface area contributed by atoms with Crippen LogP contribution >= 0.6 is 0 Å². The molecule has 0 spiro atoms. The molecule has 0 bridgehead atoms. The van der Waals surface area contributed by atoms with Crippen LogP contribution in [0, 0.1) is 0 Å². The number of likely N-dealkylation sites (N-methyl/N-ethyl adjacent to an activating group) is 1. The second-order valence-corrected chi connectivity index (χ2v) is 5.58. The number of fused-ring (bicyclic) bond motifs is 1. The molecule has 1 aliphatic rings. The molecule has 0 aromatic carbocycles. The molecule has 1 saturated heterocycles. The van der Waals surface area contributed by atoms with Crippen molar-refractivity contribution >= 4 is 23.2 Å². The summed E-state index contributed by atoms with van der Waals surface area (Å²) in [7, 11) is 1.82. The number of carbonyl (C=O) groups excluding carboxylic acids is 1. The lowest BCUT2D eigenvalue weighted by Crippen LogP contribution is -2.62.